The zero-order valence-electron chi connectivity index (χ0n) is 25.2. The normalized spacial score (nSPS) is 17.0. The predicted octanol–water partition coefficient (Wildman–Crippen LogP) is 6.02. The van der Waals surface area contributed by atoms with Crippen molar-refractivity contribution < 1.29 is 4.79 Å². The summed E-state index contributed by atoms with van der Waals surface area (Å²) in [6.45, 7) is 10.1. The molecule has 2 N–H and O–H groups in total. The van der Waals surface area contributed by atoms with E-state index < -0.39 is 0 Å². The molecule has 0 aliphatic carbocycles. The molecule has 3 aliphatic heterocycles. The fourth-order valence-electron chi connectivity index (χ4n) is 6.24. The molecule has 0 unspecified atom stereocenters. The lowest BCUT2D eigenvalue weighted by Gasteiger charge is -2.35. The third kappa shape index (κ3) is 6.11. The molecule has 0 radical (unpaired) electrons. The van der Waals surface area contributed by atoms with Crippen LogP contribution in [0, 0.1) is 0 Å². The maximum atomic E-state index is 12.9. The highest BCUT2D eigenvalue weighted by atomic mass is 32.2. The van der Waals surface area contributed by atoms with E-state index >= 15 is 0 Å². The zero-order chi connectivity index (χ0) is 29.9. The second-order valence-corrected chi connectivity index (χ2v) is 12.6. The number of rotatable bonds is 7. The Labute approximate surface area is 262 Å². The third-order valence-electron chi connectivity index (χ3n) is 8.72. The number of aromatic nitrogens is 4. The van der Waals surface area contributed by atoms with Gasteiger partial charge in [0.25, 0.3) is 0 Å². The molecular weight excluding hydrogens is 570 g/mol. The molecule has 4 aromatic rings. The lowest BCUT2D eigenvalue weighted by Crippen LogP contribution is -2.46. The second-order valence-electron chi connectivity index (χ2n) is 11.5. The molecule has 5 heterocycles. The minimum absolute atomic E-state index is 0.0384. The van der Waals surface area contributed by atoms with E-state index in [9.17, 15) is 4.79 Å². The van der Waals surface area contributed by atoms with E-state index in [2.05, 4.69) is 61.2 Å². The fraction of sp³-hybridized carbons (Fsp3) is 0.394. The van der Waals surface area contributed by atoms with Crippen molar-refractivity contribution >= 4 is 40.8 Å². The molecule has 0 atom stereocenters. The topological polar surface area (TPSA) is 94.5 Å². The lowest BCUT2D eigenvalue weighted by atomic mass is 10.1. The van der Waals surface area contributed by atoms with Gasteiger partial charge in [0.05, 0.1) is 17.1 Å². The molecule has 228 valence electrons. The average Bonchev–Trinajstić information content (AvgIpc) is 3.68. The van der Waals surface area contributed by atoms with Crippen molar-refractivity contribution in [1.29, 1.82) is 0 Å². The van der Waals surface area contributed by atoms with Gasteiger partial charge in [-0.3, -0.25) is 0 Å². The summed E-state index contributed by atoms with van der Waals surface area (Å²) in [5.74, 6) is 1.53. The summed E-state index contributed by atoms with van der Waals surface area (Å²) in [4.78, 5) is 34.3. The van der Waals surface area contributed by atoms with Crippen molar-refractivity contribution in [2.45, 2.75) is 37.9 Å². The highest BCUT2D eigenvalue weighted by Crippen LogP contribution is 2.39. The molecule has 0 saturated carbocycles. The number of likely N-dealkylation sites (tertiary alicyclic amines) is 1. The van der Waals surface area contributed by atoms with Gasteiger partial charge in [-0.2, -0.15) is 0 Å². The quantitative estimate of drug-likeness (QED) is 0.263. The van der Waals surface area contributed by atoms with Gasteiger partial charge in [-0.1, -0.05) is 30.8 Å². The van der Waals surface area contributed by atoms with Gasteiger partial charge in [0, 0.05) is 80.4 Å². The SMILES string of the molecule is CCN1CCN(c2ccc(Nc3nccc(-c4c(-c5cccc(NC(=O)N6CCCCC6)c5)nc5n4CCS5)n3)cc2)CC1. The van der Waals surface area contributed by atoms with Gasteiger partial charge in [-0.15, -0.1) is 0 Å². The van der Waals surface area contributed by atoms with Crippen LogP contribution in [0.3, 0.4) is 0 Å². The molecule has 2 aromatic heterocycles. The Hall–Kier alpha value is -4.09. The Morgan fingerprint density at radius 1 is 0.886 bits per heavy atom. The molecule has 10 nitrogen and oxygen atoms in total. The summed E-state index contributed by atoms with van der Waals surface area (Å²) < 4.78 is 2.25. The Morgan fingerprint density at radius 2 is 1.70 bits per heavy atom. The van der Waals surface area contributed by atoms with E-state index in [-0.39, 0.29) is 6.03 Å². The third-order valence-corrected chi connectivity index (χ3v) is 9.67. The van der Waals surface area contributed by atoms with Crippen LogP contribution in [0.25, 0.3) is 22.6 Å². The number of carbonyl (C=O) groups excluding carboxylic acids is 1. The number of nitrogens with one attached hydrogen (secondary N) is 2. The average molecular weight is 610 g/mol. The number of amides is 2. The Kier molecular flexibility index (Phi) is 8.39. The van der Waals surface area contributed by atoms with Crippen LogP contribution < -0.4 is 15.5 Å². The number of piperidine rings is 1. The summed E-state index contributed by atoms with van der Waals surface area (Å²) >= 11 is 1.76. The molecule has 2 amide bonds. The van der Waals surface area contributed by atoms with Crippen LogP contribution in [0.5, 0.6) is 0 Å². The summed E-state index contributed by atoms with van der Waals surface area (Å²) in [6, 6.07) is 18.4. The first kappa shape index (κ1) is 28.7. The summed E-state index contributed by atoms with van der Waals surface area (Å²) in [6.07, 6.45) is 5.11. The number of hydrogen-bond donors (Lipinski definition) is 2. The number of benzene rings is 2. The fourth-order valence-corrected chi connectivity index (χ4v) is 7.19. The lowest BCUT2D eigenvalue weighted by molar-refractivity contribution is 0.200. The van der Waals surface area contributed by atoms with Gasteiger partial charge in [0.1, 0.15) is 0 Å². The van der Waals surface area contributed by atoms with Gasteiger partial charge in [-0.25, -0.2) is 19.7 Å². The Morgan fingerprint density at radius 3 is 2.50 bits per heavy atom. The van der Waals surface area contributed by atoms with Gasteiger partial charge >= 0.3 is 6.03 Å². The number of carbonyl (C=O) groups is 1. The van der Waals surface area contributed by atoms with E-state index in [0.717, 1.165) is 110 Å². The van der Waals surface area contributed by atoms with E-state index in [1.54, 1.807) is 18.0 Å². The van der Waals surface area contributed by atoms with Crippen molar-refractivity contribution in [3.8, 4) is 22.6 Å². The number of hydrogen-bond acceptors (Lipinski definition) is 8. The van der Waals surface area contributed by atoms with Crippen LogP contribution in [0.4, 0.5) is 27.8 Å². The van der Waals surface area contributed by atoms with Gasteiger partial charge in [0.15, 0.2) is 5.16 Å². The van der Waals surface area contributed by atoms with Gasteiger partial charge in [-0.05, 0) is 68.3 Å². The summed E-state index contributed by atoms with van der Waals surface area (Å²) in [7, 11) is 0. The van der Waals surface area contributed by atoms with E-state index in [1.165, 1.54) is 12.1 Å². The first-order valence-electron chi connectivity index (χ1n) is 15.7. The van der Waals surface area contributed by atoms with Crippen molar-refractivity contribution in [2.75, 3.05) is 67.1 Å². The largest absolute Gasteiger partial charge is 0.369 e. The van der Waals surface area contributed by atoms with Gasteiger partial charge in [0.2, 0.25) is 5.95 Å². The first-order valence-corrected chi connectivity index (χ1v) is 16.7. The maximum absolute atomic E-state index is 12.9. The molecule has 0 spiro atoms. The number of anilines is 4. The monoisotopic (exact) mass is 609 g/mol. The minimum Gasteiger partial charge on any atom is -0.369 e. The number of fused-ring (bicyclic) bond motifs is 1. The van der Waals surface area contributed by atoms with E-state index in [4.69, 9.17) is 9.97 Å². The van der Waals surface area contributed by atoms with Crippen LogP contribution in [-0.4, -0.2) is 86.9 Å². The molecule has 3 aliphatic rings. The molecule has 2 aromatic carbocycles. The molecule has 11 heteroatoms. The van der Waals surface area contributed by atoms with Crippen molar-refractivity contribution in [1.82, 2.24) is 29.3 Å². The summed E-state index contributed by atoms with van der Waals surface area (Å²) in [5, 5.41) is 7.50. The van der Waals surface area contributed by atoms with Crippen LogP contribution >= 0.6 is 11.8 Å². The van der Waals surface area contributed by atoms with Crippen LogP contribution in [0.2, 0.25) is 0 Å². The van der Waals surface area contributed by atoms with Crippen molar-refractivity contribution in [2.24, 2.45) is 0 Å². The molecule has 44 heavy (non-hydrogen) atoms. The Bertz CT molecular complexity index is 1610. The zero-order valence-corrected chi connectivity index (χ0v) is 26.0. The van der Waals surface area contributed by atoms with Crippen LogP contribution in [0.1, 0.15) is 26.2 Å². The van der Waals surface area contributed by atoms with E-state index in [1.807, 2.05) is 35.2 Å². The number of urea groups is 1. The maximum Gasteiger partial charge on any atom is 0.321 e. The highest BCUT2D eigenvalue weighted by molar-refractivity contribution is 7.99. The second kappa shape index (κ2) is 12.9. The standard InChI is InChI=1S/C33H39N9OS/c1-2-39-17-19-40(20-18-39)27-11-9-25(10-12-27)35-31-34-14-13-28(37-31)30-29(38-33-42(30)21-22-44-33)24-7-6-8-26(23-24)36-32(43)41-15-4-3-5-16-41/h6-14,23H,2-5,15-22H2,1H3,(H,36,43)(H,34,35,37). The van der Waals surface area contributed by atoms with E-state index in [0.29, 0.717) is 5.95 Å². The van der Waals surface area contributed by atoms with Crippen LogP contribution in [-0.2, 0) is 6.54 Å². The number of piperazine rings is 1. The number of likely N-dealkylation sites (N-methyl/N-ethyl adjacent to an activating group) is 1. The number of nitrogens with zero attached hydrogens (tertiary/aromatic N) is 7. The number of imidazole rings is 1. The van der Waals surface area contributed by atoms with Crippen molar-refractivity contribution in [3.63, 3.8) is 0 Å². The molecule has 0 bridgehead atoms. The minimum atomic E-state index is -0.0384. The molecule has 7 rings (SSSR count). The molecule has 2 fully saturated rings. The molecule has 2 saturated heterocycles. The predicted molar refractivity (Wildman–Crippen MR) is 178 cm³/mol. The number of thioether (sulfide) groups is 1. The summed E-state index contributed by atoms with van der Waals surface area (Å²) in [5.41, 5.74) is 6.55. The molecular formula is C33H39N9OS. The highest BCUT2D eigenvalue weighted by Gasteiger charge is 2.26. The first-order chi connectivity index (χ1) is 21.6. The smallest absolute Gasteiger partial charge is 0.321 e. The van der Waals surface area contributed by atoms with Crippen LogP contribution in [0.15, 0.2) is 66.0 Å². The van der Waals surface area contributed by atoms with Crippen molar-refractivity contribution in [3.05, 3.63) is 60.8 Å². The Balaban J connectivity index is 1.11. The van der Waals surface area contributed by atoms with Gasteiger partial charge < -0.3 is 29.9 Å².